The summed E-state index contributed by atoms with van der Waals surface area (Å²) in [6, 6.07) is 17.2. The normalized spacial score (nSPS) is 10.0. The van der Waals surface area contributed by atoms with Crippen LogP contribution in [-0.4, -0.2) is 13.7 Å². The van der Waals surface area contributed by atoms with E-state index in [1.165, 1.54) is 0 Å². The molecule has 2 nitrogen and oxygen atoms in total. The fourth-order valence-corrected chi connectivity index (χ4v) is 1.80. The number of para-hydroxylation sites is 1. The summed E-state index contributed by atoms with van der Waals surface area (Å²) in [4.78, 5) is 0. The molecule has 87 valence electrons. The molecule has 2 aromatic carbocycles. The minimum atomic E-state index is 0.873. The van der Waals surface area contributed by atoms with Crippen molar-refractivity contribution in [3.63, 3.8) is 0 Å². The summed E-state index contributed by atoms with van der Waals surface area (Å²) in [7, 11) is 1.69. The number of ether oxygens (including phenoxy) is 1. The van der Waals surface area contributed by atoms with Gasteiger partial charge in [-0.25, -0.2) is 0 Å². The number of hydrogen-bond donors (Lipinski definition) is 1. The van der Waals surface area contributed by atoms with Gasteiger partial charge in [0.1, 0.15) is 5.75 Å². The molecular formula is C15H16NO. The topological polar surface area (TPSA) is 21.3 Å². The fourth-order valence-electron chi connectivity index (χ4n) is 1.80. The lowest BCUT2D eigenvalue weighted by molar-refractivity contribution is 0.416. The third-order valence-corrected chi connectivity index (χ3v) is 2.58. The first kappa shape index (κ1) is 11.5. The molecule has 17 heavy (non-hydrogen) atoms. The molecule has 2 aromatic rings. The van der Waals surface area contributed by atoms with Crippen molar-refractivity contribution in [3.05, 3.63) is 48.5 Å². The Kier molecular flexibility index (Phi) is 3.66. The predicted octanol–water partition coefficient (Wildman–Crippen LogP) is 3.59. The van der Waals surface area contributed by atoms with Crippen molar-refractivity contribution in [2.75, 3.05) is 19.0 Å². The lowest BCUT2D eigenvalue weighted by atomic mass is 10.0. The molecular weight excluding hydrogens is 210 g/mol. The molecule has 0 aromatic heterocycles. The highest BCUT2D eigenvalue weighted by Crippen LogP contribution is 2.30. The first-order chi connectivity index (χ1) is 8.35. The van der Waals surface area contributed by atoms with E-state index >= 15 is 0 Å². The van der Waals surface area contributed by atoms with E-state index in [-0.39, 0.29) is 0 Å². The zero-order chi connectivity index (χ0) is 12.1. The molecule has 0 aliphatic carbocycles. The van der Waals surface area contributed by atoms with Gasteiger partial charge in [0.2, 0.25) is 0 Å². The van der Waals surface area contributed by atoms with Gasteiger partial charge < -0.3 is 10.1 Å². The van der Waals surface area contributed by atoms with Gasteiger partial charge in [-0.05, 0) is 36.8 Å². The monoisotopic (exact) mass is 226 g/mol. The number of rotatable bonds is 4. The second-order valence-corrected chi connectivity index (χ2v) is 3.72. The van der Waals surface area contributed by atoms with Gasteiger partial charge in [-0.2, -0.15) is 0 Å². The van der Waals surface area contributed by atoms with Crippen LogP contribution < -0.4 is 10.1 Å². The number of benzene rings is 2. The molecule has 0 bridgehead atoms. The van der Waals surface area contributed by atoms with Crippen LogP contribution in [0, 0.1) is 6.07 Å². The second-order valence-electron chi connectivity index (χ2n) is 3.72. The first-order valence-electron chi connectivity index (χ1n) is 5.74. The maximum Gasteiger partial charge on any atom is 0.126 e. The zero-order valence-corrected chi connectivity index (χ0v) is 10.2. The number of nitrogens with one attached hydrogen (secondary N) is 1. The maximum atomic E-state index is 5.36. The Labute approximate surface area is 102 Å². The molecule has 0 aliphatic rings. The van der Waals surface area contributed by atoms with Crippen LogP contribution in [0.15, 0.2) is 42.5 Å². The van der Waals surface area contributed by atoms with Crippen LogP contribution in [0.3, 0.4) is 0 Å². The largest absolute Gasteiger partial charge is 0.496 e. The first-order valence-corrected chi connectivity index (χ1v) is 5.74. The van der Waals surface area contributed by atoms with E-state index in [0.29, 0.717) is 0 Å². The smallest absolute Gasteiger partial charge is 0.126 e. The minimum Gasteiger partial charge on any atom is -0.496 e. The van der Waals surface area contributed by atoms with Crippen LogP contribution in [0.4, 0.5) is 5.69 Å². The van der Waals surface area contributed by atoms with E-state index in [1.54, 1.807) is 7.11 Å². The zero-order valence-electron chi connectivity index (χ0n) is 10.2. The Hall–Kier alpha value is -1.96. The summed E-state index contributed by atoms with van der Waals surface area (Å²) < 4.78 is 5.36. The predicted molar refractivity (Wildman–Crippen MR) is 71.4 cm³/mol. The van der Waals surface area contributed by atoms with E-state index in [9.17, 15) is 0 Å². The van der Waals surface area contributed by atoms with E-state index in [4.69, 9.17) is 4.74 Å². The molecule has 0 unspecified atom stereocenters. The molecule has 2 heteroatoms. The van der Waals surface area contributed by atoms with Crippen molar-refractivity contribution in [2.45, 2.75) is 6.92 Å². The van der Waals surface area contributed by atoms with Crippen LogP contribution in [0.1, 0.15) is 6.92 Å². The molecule has 0 saturated heterocycles. The lowest BCUT2D eigenvalue weighted by Gasteiger charge is -2.10. The highest BCUT2D eigenvalue weighted by atomic mass is 16.5. The third-order valence-electron chi connectivity index (χ3n) is 2.58. The second kappa shape index (κ2) is 5.39. The Bertz CT molecular complexity index is 494. The van der Waals surface area contributed by atoms with Gasteiger partial charge in [-0.1, -0.05) is 24.3 Å². The van der Waals surface area contributed by atoms with Gasteiger partial charge in [0.05, 0.1) is 7.11 Å². The van der Waals surface area contributed by atoms with E-state index in [0.717, 1.165) is 29.1 Å². The van der Waals surface area contributed by atoms with Crippen molar-refractivity contribution >= 4 is 5.69 Å². The molecule has 0 spiro atoms. The van der Waals surface area contributed by atoms with Gasteiger partial charge in [-0.3, -0.25) is 0 Å². The standard InChI is InChI=1S/C15H16NO/c1-3-16-13-8-6-7-12(11-13)14-9-4-5-10-15(14)17-2/h4-6,8-11,16H,3H2,1-2H3. The van der Waals surface area contributed by atoms with Gasteiger partial charge in [-0.15, -0.1) is 0 Å². The van der Waals surface area contributed by atoms with E-state index in [2.05, 4.69) is 24.4 Å². The molecule has 0 aliphatic heterocycles. The van der Waals surface area contributed by atoms with Crippen LogP contribution in [-0.2, 0) is 0 Å². The molecule has 0 amide bonds. The van der Waals surface area contributed by atoms with Gasteiger partial charge >= 0.3 is 0 Å². The Balaban J connectivity index is 2.41. The van der Waals surface area contributed by atoms with Crippen LogP contribution in [0.25, 0.3) is 11.1 Å². The van der Waals surface area contributed by atoms with E-state index < -0.39 is 0 Å². The SMILES string of the molecule is CCNc1cc[c]c(-c2ccccc2OC)c1. The average molecular weight is 226 g/mol. The molecule has 1 radical (unpaired) electrons. The van der Waals surface area contributed by atoms with Gasteiger partial charge in [0.15, 0.2) is 0 Å². The summed E-state index contributed by atoms with van der Waals surface area (Å²) in [5, 5.41) is 3.29. The summed E-state index contributed by atoms with van der Waals surface area (Å²) in [6.07, 6.45) is 0. The summed E-state index contributed by atoms with van der Waals surface area (Å²) in [5.41, 5.74) is 3.21. The average Bonchev–Trinajstić information content (AvgIpc) is 2.39. The van der Waals surface area contributed by atoms with Crippen molar-refractivity contribution in [3.8, 4) is 16.9 Å². The Morgan fingerprint density at radius 3 is 2.82 bits per heavy atom. The summed E-state index contributed by atoms with van der Waals surface area (Å²) in [6.45, 7) is 2.99. The highest BCUT2D eigenvalue weighted by Gasteiger charge is 2.05. The Morgan fingerprint density at radius 2 is 2.06 bits per heavy atom. The van der Waals surface area contributed by atoms with Crippen molar-refractivity contribution in [1.82, 2.24) is 0 Å². The molecule has 0 saturated carbocycles. The third kappa shape index (κ3) is 2.59. The van der Waals surface area contributed by atoms with E-state index in [1.807, 2.05) is 36.4 Å². The minimum absolute atomic E-state index is 0.873. The molecule has 1 N–H and O–H groups in total. The molecule has 2 rings (SSSR count). The van der Waals surface area contributed by atoms with Gasteiger partial charge in [0, 0.05) is 17.8 Å². The summed E-state index contributed by atoms with van der Waals surface area (Å²) >= 11 is 0. The lowest BCUT2D eigenvalue weighted by Crippen LogP contribution is -1.96. The van der Waals surface area contributed by atoms with Crippen molar-refractivity contribution in [1.29, 1.82) is 0 Å². The molecule has 0 fully saturated rings. The van der Waals surface area contributed by atoms with Crippen molar-refractivity contribution < 1.29 is 4.74 Å². The van der Waals surface area contributed by atoms with Crippen LogP contribution >= 0.6 is 0 Å². The quantitative estimate of drug-likeness (QED) is 0.860. The number of hydrogen-bond acceptors (Lipinski definition) is 2. The summed E-state index contributed by atoms with van der Waals surface area (Å²) in [5.74, 6) is 0.873. The Morgan fingerprint density at radius 1 is 1.24 bits per heavy atom. The van der Waals surface area contributed by atoms with Crippen LogP contribution in [0.2, 0.25) is 0 Å². The van der Waals surface area contributed by atoms with Gasteiger partial charge in [0.25, 0.3) is 0 Å². The molecule has 0 atom stereocenters. The maximum absolute atomic E-state index is 5.36. The van der Waals surface area contributed by atoms with Crippen molar-refractivity contribution in [2.24, 2.45) is 0 Å². The number of methoxy groups -OCH3 is 1. The fraction of sp³-hybridized carbons (Fsp3) is 0.200. The number of anilines is 1. The van der Waals surface area contributed by atoms with Crippen LogP contribution in [0.5, 0.6) is 5.75 Å². The molecule has 0 heterocycles. The highest BCUT2D eigenvalue weighted by molar-refractivity contribution is 5.72.